The number of rotatable bonds is 6. The first-order chi connectivity index (χ1) is 16.4. The Morgan fingerprint density at radius 1 is 1.24 bits per heavy atom. The van der Waals surface area contributed by atoms with E-state index >= 15 is 0 Å². The predicted octanol–water partition coefficient (Wildman–Crippen LogP) is 5.15. The molecule has 1 fully saturated rings. The van der Waals surface area contributed by atoms with Crippen molar-refractivity contribution < 1.29 is 13.2 Å². The van der Waals surface area contributed by atoms with Crippen LogP contribution in [-0.4, -0.2) is 41.7 Å². The molecule has 7 nitrogen and oxygen atoms in total. The highest BCUT2D eigenvalue weighted by molar-refractivity contribution is 9.10. The van der Waals surface area contributed by atoms with Crippen LogP contribution in [0.1, 0.15) is 18.4 Å². The van der Waals surface area contributed by atoms with Crippen molar-refractivity contribution >= 4 is 69.9 Å². The summed E-state index contributed by atoms with van der Waals surface area (Å²) in [4.78, 5) is 24.4. The number of pyridine rings is 1. The lowest BCUT2D eigenvalue weighted by Crippen LogP contribution is -2.46. The SMILES string of the molecule is O=C(C1CCCN(S(=O)(=O)c2cccs2)C1)N(Cc1cccnc1)c1nc2ccc(Br)cc2s1. The van der Waals surface area contributed by atoms with Crippen molar-refractivity contribution in [3.63, 3.8) is 0 Å². The van der Waals surface area contributed by atoms with Crippen LogP contribution >= 0.6 is 38.6 Å². The van der Waals surface area contributed by atoms with Gasteiger partial charge in [-0.2, -0.15) is 4.31 Å². The molecule has 4 heterocycles. The monoisotopic (exact) mass is 576 g/mol. The van der Waals surface area contributed by atoms with Gasteiger partial charge in [0.2, 0.25) is 5.91 Å². The summed E-state index contributed by atoms with van der Waals surface area (Å²) in [6.45, 7) is 0.905. The molecule has 11 heteroatoms. The van der Waals surface area contributed by atoms with Crippen LogP contribution < -0.4 is 4.90 Å². The third kappa shape index (κ3) is 4.80. The maximum Gasteiger partial charge on any atom is 0.252 e. The minimum Gasteiger partial charge on any atom is -0.283 e. The van der Waals surface area contributed by atoms with Crippen LogP contribution in [0.25, 0.3) is 10.2 Å². The molecule has 0 spiro atoms. The average Bonchev–Trinajstić information content (AvgIpc) is 3.53. The topological polar surface area (TPSA) is 83.5 Å². The zero-order valence-corrected chi connectivity index (χ0v) is 22.0. The van der Waals surface area contributed by atoms with Crippen molar-refractivity contribution in [3.05, 3.63) is 70.3 Å². The van der Waals surface area contributed by atoms with Crippen molar-refractivity contribution in [3.8, 4) is 0 Å². The van der Waals surface area contributed by atoms with Gasteiger partial charge in [-0.25, -0.2) is 13.4 Å². The number of thiazole rings is 1. The molecule has 4 aromatic rings. The largest absolute Gasteiger partial charge is 0.283 e. The van der Waals surface area contributed by atoms with Gasteiger partial charge in [0.25, 0.3) is 10.0 Å². The van der Waals surface area contributed by atoms with Gasteiger partial charge in [0.05, 0.1) is 22.7 Å². The molecular formula is C23H21BrN4O3S3. The number of thiophene rings is 1. The average molecular weight is 578 g/mol. The molecule has 1 amide bonds. The van der Waals surface area contributed by atoms with Gasteiger partial charge >= 0.3 is 0 Å². The predicted molar refractivity (Wildman–Crippen MR) is 139 cm³/mol. The van der Waals surface area contributed by atoms with E-state index in [4.69, 9.17) is 4.98 Å². The molecule has 0 radical (unpaired) electrons. The number of hydrogen-bond donors (Lipinski definition) is 0. The molecule has 176 valence electrons. The van der Waals surface area contributed by atoms with Gasteiger partial charge in [0.1, 0.15) is 4.21 Å². The summed E-state index contributed by atoms with van der Waals surface area (Å²) in [7, 11) is -3.61. The molecule has 5 rings (SSSR count). The zero-order chi connectivity index (χ0) is 23.7. The molecule has 1 aromatic carbocycles. The summed E-state index contributed by atoms with van der Waals surface area (Å²) in [6, 6.07) is 12.9. The second-order valence-corrected chi connectivity index (χ2v) is 13.1. The van der Waals surface area contributed by atoms with Gasteiger partial charge in [-0.15, -0.1) is 11.3 Å². The van der Waals surface area contributed by atoms with Crippen LogP contribution in [0, 0.1) is 5.92 Å². The Labute approximate surface area is 214 Å². The first-order valence-corrected chi connectivity index (χ1v) is 14.6. The Morgan fingerprint density at radius 3 is 2.88 bits per heavy atom. The minimum atomic E-state index is -3.61. The highest BCUT2D eigenvalue weighted by Gasteiger charge is 2.36. The highest BCUT2D eigenvalue weighted by Crippen LogP contribution is 2.34. The van der Waals surface area contributed by atoms with Gasteiger partial charge in [-0.05, 0) is 54.1 Å². The molecule has 1 saturated heterocycles. The third-order valence-electron chi connectivity index (χ3n) is 5.72. The summed E-state index contributed by atoms with van der Waals surface area (Å²) in [5, 5.41) is 2.35. The van der Waals surface area contributed by atoms with E-state index in [1.807, 2.05) is 30.3 Å². The lowest BCUT2D eigenvalue weighted by molar-refractivity contribution is -0.123. The lowest BCUT2D eigenvalue weighted by Gasteiger charge is -2.33. The van der Waals surface area contributed by atoms with Gasteiger partial charge in [0.15, 0.2) is 5.13 Å². The normalized spacial score (nSPS) is 17.1. The van der Waals surface area contributed by atoms with E-state index < -0.39 is 15.9 Å². The summed E-state index contributed by atoms with van der Waals surface area (Å²) >= 11 is 6.14. The fraction of sp³-hybridized carbons (Fsp3) is 0.261. The molecule has 1 atom stereocenters. The molecule has 1 aliphatic heterocycles. The number of fused-ring (bicyclic) bond motifs is 1. The number of sulfonamides is 1. The summed E-state index contributed by atoms with van der Waals surface area (Å²) < 4.78 is 29.8. The Hall–Kier alpha value is -2.18. The van der Waals surface area contributed by atoms with Crippen molar-refractivity contribution in [2.75, 3.05) is 18.0 Å². The Morgan fingerprint density at radius 2 is 2.12 bits per heavy atom. The smallest absolute Gasteiger partial charge is 0.252 e. The fourth-order valence-corrected chi connectivity index (χ4v) is 8.23. The van der Waals surface area contributed by atoms with Crippen molar-refractivity contribution in [1.82, 2.24) is 14.3 Å². The van der Waals surface area contributed by atoms with Gasteiger partial charge < -0.3 is 0 Å². The number of halogens is 1. The van der Waals surface area contributed by atoms with E-state index in [0.29, 0.717) is 35.3 Å². The van der Waals surface area contributed by atoms with Gasteiger partial charge in [0, 0.05) is 30.0 Å². The maximum absolute atomic E-state index is 13.8. The van der Waals surface area contributed by atoms with Crippen LogP contribution in [0.2, 0.25) is 0 Å². The van der Waals surface area contributed by atoms with Crippen LogP contribution in [-0.2, 0) is 21.4 Å². The number of amides is 1. The molecule has 0 bridgehead atoms. The maximum atomic E-state index is 13.8. The van der Waals surface area contributed by atoms with Crippen LogP contribution in [0.3, 0.4) is 0 Å². The minimum absolute atomic E-state index is 0.118. The van der Waals surface area contributed by atoms with Crippen LogP contribution in [0.15, 0.2) is 68.9 Å². The van der Waals surface area contributed by atoms with E-state index in [0.717, 1.165) is 20.3 Å². The first kappa shape index (κ1) is 23.6. The molecule has 0 aliphatic carbocycles. The number of hydrogen-bond acceptors (Lipinski definition) is 7. The van der Waals surface area contributed by atoms with Crippen molar-refractivity contribution in [2.24, 2.45) is 5.92 Å². The summed E-state index contributed by atoms with van der Waals surface area (Å²) in [5.41, 5.74) is 1.70. The fourth-order valence-electron chi connectivity index (χ4n) is 4.04. The molecular weight excluding hydrogens is 556 g/mol. The van der Waals surface area contributed by atoms with E-state index in [9.17, 15) is 13.2 Å². The number of carbonyl (C=O) groups is 1. The van der Waals surface area contributed by atoms with Crippen LogP contribution in [0.5, 0.6) is 0 Å². The number of benzene rings is 1. The van der Waals surface area contributed by atoms with E-state index in [1.54, 1.807) is 34.8 Å². The number of anilines is 1. The first-order valence-electron chi connectivity index (χ1n) is 10.7. The van der Waals surface area contributed by atoms with E-state index in [-0.39, 0.29) is 12.5 Å². The molecule has 1 aliphatic rings. The number of nitrogens with zero attached hydrogens (tertiary/aromatic N) is 4. The molecule has 0 N–H and O–H groups in total. The highest BCUT2D eigenvalue weighted by atomic mass is 79.9. The number of piperidine rings is 1. The number of aromatic nitrogens is 2. The Bertz CT molecular complexity index is 1410. The third-order valence-corrected chi connectivity index (χ3v) is 10.5. The zero-order valence-electron chi connectivity index (χ0n) is 18.0. The van der Waals surface area contributed by atoms with Gasteiger partial charge in [-0.3, -0.25) is 14.7 Å². The number of carbonyl (C=O) groups excluding carboxylic acids is 1. The second-order valence-electron chi connectivity index (χ2n) is 8.03. The standard InChI is InChI=1S/C23H21BrN4O3S3/c24-18-7-8-19-20(12-18)33-23(26-19)28(14-16-4-1-9-25-13-16)22(29)17-5-2-10-27(15-17)34(30,31)21-6-3-11-32-21/h1,3-4,6-9,11-13,17H,2,5,10,14-15H2. The molecule has 3 aromatic heterocycles. The van der Waals surface area contributed by atoms with Gasteiger partial charge in [-0.1, -0.05) is 39.4 Å². The Balaban J connectivity index is 1.46. The van der Waals surface area contributed by atoms with E-state index in [2.05, 4.69) is 20.9 Å². The lowest BCUT2D eigenvalue weighted by atomic mass is 9.98. The Kier molecular flexibility index (Phi) is 6.81. The van der Waals surface area contributed by atoms with Crippen molar-refractivity contribution in [2.45, 2.75) is 23.6 Å². The van der Waals surface area contributed by atoms with Crippen LogP contribution in [0.4, 0.5) is 5.13 Å². The molecule has 0 saturated carbocycles. The molecule has 34 heavy (non-hydrogen) atoms. The second kappa shape index (κ2) is 9.82. The van der Waals surface area contributed by atoms with Crippen molar-refractivity contribution in [1.29, 1.82) is 0 Å². The summed E-state index contributed by atoms with van der Waals surface area (Å²) in [6.07, 6.45) is 4.70. The quantitative estimate of drug-likeness (QED) is 0.317. The van der Waals surface area contributed by atoms with E-state index in [1.165, 1.54) is 27.0 Å². The summed E-state index contributed by atoms with van der Waals surface area (Å²) in [5.74, 6) is -0.563. The molecule has 1 unspecified atom stereocenters.